The number of carbonyl (C=O) groups excluding carboxylic acids is 1. The first-order valence-electron chi connectivity index (χ1n) is 7.74. The molecule has 5 nitrogen and oxygen atoms in total. The van der Waals surface area contributed by atoms with Crippen molar-refractivity contribution in [1.82, 2.24) is 9.88 Å². The van der Waals surface area contributed by atoms with Gasteiger partial charge in [-0.2, -0.15) is 0 Å². The number of carbonyl (C=O) groups is 1. The zero-order valence-electron chi connectivity index (χ0n) is 13.1. The molecule has 23 heavy (non-hydrogen) atoms. The summed E-state index contributed by atoms with van der Waals surface area (Å²) < 4.78 is 5.45. The van der Waals surface area contributed by atoms with E-state index in [0.717, 1.165) is 16.6 Å². The third-order valence-corrected chi connectivity index (χ3v) is 4.01. The summed E-state index contributed by atoms with van der Waals surface area (Å²) >= 11 is 0. The number of morpholine rings is 1. The van der Waals surface area contributed by atoms with E-state index in [0.29, 0.717) is 13.2 Å². The molecule has 1 saturated heterocycles. The Morgan fingerprint density at radius 3 is 3.04 bits per heavy atom. The van der Waals surface area contributed by atoms with Gasteiger partial charge < -0.3 is 14.7 Å². The Balaban J connectivity index is 1.73. The fraction of sp³-hybridized carbons (Fsp3) is 0.333. The molecular formula is C18H20N2O3. The van der Waals surface area contributed by atoms with Gasteiger partial charge in [0.15, 0.2) is 0 Å². The summed E-state index contributed by atoms with van der Waals surface area (Å²) in [4.78, 5) is 18.6. The molecule has 1 aliphatic heterocycles. The van der Waals surface area contributed by atoms with Crippen molar-refractivity contribution in [1.29, 1.82) is 0 Å². The summed E-state index contributed by atoms with van der Waals surface area (Å²) in [6.45, 7) is 2.71. The van der Waals surface area contributed by atoms with Crippen LogP contribution in [0, 0.1) is 0 Å². The van der Waals surface area contributed by atoms with Crippen molar-refractivity contribution in [3.05, 3.63) is 48.2 Å². The predicted molar refractivity (Wildman–Crippen MR) is 88.8 cm³/mol. The number of aliphatic hydroxyl groups is 1. The van der Waals surface area contributed by atoms with Crippen LogP contribution in [-0.4, -0.2) is 52.8 Å². The molecule has 1 fully saturated rings. The molecule has 1 aliphatic rings. The highest BCUT2D eigenvalue weighted by Gasteiger charge is 2.27. The molecule has 2 aromatic rings. The van der Waals surface area contributed by atoms with E-state index in [4.69, 9.17) is 4.74 Å². The zero-order valence-corrected chi connectivity index (χ0v) is 13.1. The van der Waals surface area contributed by atoms with Crippen LogP contribution < -0.4 is 0 Å². The van der Waals surface area contributed by atoms with Crippen molar-refractivity contribution in [2.75, 3.05) is 19.8 Å². The van der Waals surface area contributed by atoms with Crippen molar-refractivity contribution in [2.24, 2.45) is 0 Å². The maximum Gasteiger partial charge on any atom is 0.247 e. The molecule has 2 unspecified atom stereocenters. The van der Waals surface area contributed by atoms with E-state index in [1.54, 1.807) is 11.0 Å². The zero-order chi connectivity index (χ0) is 16.2. The van der Waals surface area contributed by atoms with Gasteiger partial charge in [-0.3, -0.25) is 4.79 Å². The number of amides is 1. The number of pyridine rings is 1. The highest BCUT2D eigenvalue weighted by Crippen LogP contribution is 2.14. The lowest BCUT2D eigenvalue weighted by atomic mass is 10.2. The topological polar surface area (TPSA) is 62.7 Å². The lowest BCUT2D eigenvalue weighted by Crippen LogP contribution is -2.51. The molecule has 0 bridgehead atoms. The normalized spacial score (nSPS) is 21.9. The molecule has 1 aromatic heterocycles. The number of hydrogen-bond donors (Lipinski definition) is 1. The van der Waals surface area contributed by atoms with Gasteiger partial charge in [-0.25, -0.2) is 4.98 Å². The maximum atomic E-state index is 12.4. The third-order valence-electron chi connectivity index (χ3n) is 4.01. The van der Waals surface area contributed by atoms with E-state index in [1.165, 1.54) is 6.08 Å². The van der Waals surface area contributed by atoms with Gasteiger partial charge in [-0.05, 0) is 25.1 Å². The van der Waals surface area contributed by atoms with Gasteiger partial charge >= 0.3 is 0 Å². The predicted octanol–water partition coefficient (Wildman–Crippen LogP) is 1.86. The fourth-order valence-electron chi connectivity index (χ4n) is 2.66. The van der Waals surface area contributed by atoms with Crippen LogP contribution in [0.4, 0.5) is 0 Å². The van der Waals surface area contributed by atoms with Crippen LogP contribution in [0.5, 0.6) is 0 Å². The number of hydrogen-bond acceptors (Lipinski definition) is 4. The maximum absolute atomic E-state index is 12.4. The Morgan fingerprint density at radius 1 is 1.39 bits per heavy atom. The van der Waals surface area contributed by atoms with Gasteiger partial charge in [0.25, 0.3) is 0 Å². The van der Waals surface area contributed by atoms with Crippen molar-refractivity contribution < 1.29 is 14.6 Å². The van der Waals surface area contributed by atoms with Gasteiger partial charge in [0, 0.05) is 18.0 Å². The largest absolute Gasteiger partial charge is 0.394 e. The number of aliphatic hydroxyl groups excluding tert-OH is 1. The van der Waals surface area contributed by atoms with Crippen LogP contribution in [0.25, 0.3) is 17.0 Å². The molecule has 1 amide bonds. The summed E-state index contributed by atoms with van der Waals surface area (Å²) in [5, 5.41) is 10.3. The highest BCUT2D eigenvalue weighted by atomic mass is 16.5. The minimum atomic E-state index is -0.303. The van der Waals surface area contributed by atoms with Crippen LogP contribution in [0.15, 0.2) is 42.5 Å². The second-order valence-electron chi connectivity index (χ2n) is 5.74. The Morgan fingerprint density at radius 2 is 2.22 bits per heavy atom. The number of nitrogens with zero attached hydrogens (tertiary/aromatic N) is 2. The third kappa shape index (κ3) is 3.57. The number of fused-ring (bicyclic) bond motifs is 1. The quantitative estimate of drug-likeness (QED) is 0.879. The monoisotopic (exact) mass is 312 g/mol. The average Bonchev–Trinajstić information content (AvgIpc) is 2.60. The summed E-state index contributed by atoms with van der Waals surface area (Å²) in [5.41, 5.74) is 1.65. The van der Waals surface area contributed by atoms with Gasteiger partial charge in [0.05, 0.1) is 36.6 Å². The second-order valence-corrected chi connectivity index (χ2v) is 5.74. The first-order valence-corrected chi connectivity index (χ1v) is 7.74. The van der Waals surface area contributed by atoms with Crippen molar-refractivity contribution in [3.63, 3.8) is 0 Å². The summed E-state index contributed by atoms with van der Waals surface area (Å²) in [6, 6.07) is 11.8. The Bertz CT molecular complexity index is 729. The number of aromatic nitrogens is 1. The van der Waals surface area contributed by atoms with E-state index < -0.39 is 0 Å². The molecule has 0 spiro atoms. The molecule has 0 aliphatic carbocycles. The van der Waals surface area contributed by atoms with Crippen LogP contribution in [0.3, 0.4) is 0 Å². The summed E-state index contributed by atoms with van der Waals surface area (Å²) in [6.07, 6.45) is 2.96. The number of rotatable bonds is 3. The molecule has 2 atom stereocenters. The molecule has 0 saturated carbocycles. The number of para-hydroxylation sites is 1. The molecular weight excluding hydrogens is 292 g/mol. The minimum Gasteiger partial charge on any atom is -0.394 e. The molecule has 120 valence electrons. The average molecular weight is 312 g/mol. The molecule has 1 aromatic carbocycles. The Hall–Kier alpha value is -2.24. The standard InChI is InChI=1S/C18H20N2O3/c1-13-12-23-16(11-21)10-20(13)18(22)9-8-15-7-6-14-4-2-3-5-17(14)19-15/h2-9,13,16,21H,10-12H2,1H3/b9-8+. The molecule has 5 heteroatoms. The lowest BCUT2D eigenvalue weighted by Gasteiger charge is -2.36. The molecule has 0 radical (unpaired) electrons. The van der Waals surface area contributed by atoms with E-state index in [2.05, 4.69) is 4.98 Å². The SMILES string of the molecule is CC1COC(CO)CN1C(=O)/C=C/c1ccc2ccccc2n1. The Labute approximate surface area is 135 Å². The van der Waals surface area contributed by atoms with E-state index in [9.17, 15) is 9.90 Å². The van der Waals surface area contributed by atoms with Crippen molar-refractivity contribution in [2.45, 2.75) is 19.1 Å². The molecule has 2 heterocycles. The number of ether oxygens (including phenoxy) is 1. The summed E-state index contributed by atoms with van der Waals surface area (Å²) in [5.74, 6) is -0.0887. The van der Waals surface area contributed by atoms with Crippen LogP contribution in [-0.2, 0) is 9.53 Å². The highest BCUT2D eigenvalue weighted by molar-refractivity contribution is 5.92. The van der Waals surface area contributed by atoms with E-state index in [-0.39, 0.29) is 24.7 Å². The van der Waals surface area contributed by atoms with Gasteiger partial charge in [-0.15, -0.1) is 0 Å². The van der Waals surface area contributed by atoms with Gasteiger partial charge in [0.2, 0.25) is 5.91 Å². The van der Waals surface area contributed by atoms with E-state index in [1.807, 2.05) is 43.3 Å². The van der Waals surface area contributed by atoms with Crippen molar-refractivity contribution in [3.8, 4) is 0 Å². The number of benzene rings is 1. The molecule has 3 rings (SSSR count). The summed E-state index contributed by atoms with van der Waals surface area (Å²) in [7, 11) is 0. The minimum absolute atomic E-state index is 0.000451. The smallest absolute Gasteiger partial charge is 0.247 e. The van der Waals surface area contributed by atoms with E-state index >= 15 is 0 Å². The Kier molecular flexibility index (Phi) is 4.69. The second kappa shape index (κ2) is 6.89. The first-order chi connectivity index (χ1) is 11.2. The van der Waals surface area contributed by atoms with Crippen LogP contribution in [0.1, 0.15) is 12.6 Å². The fourth-order valence-corrected chi connectivity index (χ4v) is 2.66. The van der Waals surface area contributed by atoms with Crippen LogP contribution >= 0.6 is 0 Å². The van der Waals surface area contributed by atoms with Crippen molar-refractivity contribution >= 4 is 22.9 Å². The van der Waals surface area contributed by atoms with Crippen LogP contribution in [0.2, 0.25) is 0 Å². The van der Waals surface area contributed by atoms with Gasteiger partial charge in [0.1, 0.15) is 0 Å². The lowest BCUT2D eigenvalue weighted by molar-refractivity contribution is -0.140. The molecule has 1 N–H and O–H groups in total. The van der Waals surface area contributed by atoms with Gasteiger partial charge in [-0.1, -0.05) is 24.3 Å². The first kappa shape index (κ1) is 15.6.